The molecular weight excluding hydrogens is 701 g/mol. The van der Waals surface area contributed by atoms with Gasteiger partial charge in [0.1, 0.15) is 6.17 Å². The Bertz CT molecular complexity index is 2880. The van der Waals surface area contributed by atoms with Crippen LogP contribution in [0.15, 0.2) is 182 Å². The van der Waals surface area contributed by atoms with Crippen molar-refractivity contribution in [3.63, 3.8) is 0 Å². The quantitative estimate of drug-likeness (QED) is 0.152. The van der Waals surface area contributed by atoms with Crippen LogP contribution in [0.4, 0.5) is 0 Å². The third-order valence-electron chi connectivity index (χ3n) is 12.9. The first kappa shape index (κ1) is 35.9. The van der Waals surface area contributed by atoms with Gasteiger partial charge >= 0.3 is 0 Å². The molecule has 282 valence electrons. The minimum Gasteiger partial charge on any atom is -0.366 e. The molecule has 0 fully saturated rings. The molecule has 0 saturated heterocycles. The van der Waals surface area contributed by atoms with Gasteiger partial charge in [0.15, 0.2) is 0 Å². The molecule has 2 nitrogen and oxygen atoms in total. The van der Waals surface area contributed by atoms with E-state index in [9.17, 15) is 0 Å². The van der Waals surface area contributed by atoms with Gasteiger partial charge in [-0.15, -0.1) is 0 Å². The van der Waals surface area contributed by atoms with Crippen LogP contribution in [0.25, 0.3) is 61.0 Å². The van der Waals surface area contributed by atoms with Gasteiger partial charge in [-0.3, -0.25) is 0 Å². The first-order chi connectivity index (χ1) is 28.2. The Hall–Kier alpha value is -6.48. The molecule has 1 unspecified atom stereocenters. The Kier molecular flexibility index (Phi) is 8.58. The summed E-state index contributed by atoms with van der Waals surface area (Å²) in [6.45, 7) is 9.43. The van der Waals surface area contributed by atoms with E-state index < -0.39 is 0 Å². The third-order valence-corrected chi connectivity index (χ3v) is 12.9. The number of hydrogen-bond acceptors (Lipinski definition) is 2. The fraction of sp³-hybridized carbons (Fsp3) is 0.143. The lowest BCUT2D eigenvalue weighted by molar-refractivity contribution is 0.661. The second-order valence-corrected chi connectivity index (χ2v) is 17.1. The predicted molar refractivity (Wildman–Crippen MR) is 245 cm³/mol. The van der Waals surface area contributed by atoms with Crippen molar-refractivity contribution in [2.45, 2.75) is 51.1 Å². The van der Waals surface area contributed by atoms with Crippen molar-refractivity contribution in [1.82, 2.24) is 5.32 Å². The van der Waals surface area contributed by atoms with Gasteiger partial charge in [-0.25, -0.2) is 0 Å². The van der Waals surface area contributed by atoms with Crippen LogP contribution in [0.2, 0.25) is 0 Å². The van der Waals surface area contributed by atoms with Crippen LogP contribution in [0.3, 0.4) is 0 Å². The Morgan fingerprint density at radius 3 is 1.88 bits per heavy atom. The number of rotatable bonds is 8. The maximum Gasteiger partial charge on any atom is 0.101 e. The number of nitrogens with two attached hydrogens (primary N) is 1. The highest BCUT2D eigenvalue weighted by atomic mass is 15.0. The molecule has 0 amide bonds. The molecule has 10 rings (SSSR count). The van der Waals surface area contributed by atoms with Crippen molar-refractivity contribution in [2.75, 3.05) is 0 Å². The van der Waals surface area contributed by atoms with Crippen molar-refractivity contribution >= 4 is 16.5 Å². The van der Waals surface area contributed by atoms with E-state index in [0.29, 0.717) is 0 Å². The monoisotopic (exact) mass is 748 g/mol. The third kappa shape index (κ3) is 5.90. The SMILES string of the molecule is CC1(C)c2cc3ccccc3cc2-c2c(-c3ccc(/C(=C/Cc4ccc(-c5cccc6c5C(C)(C)c5ccccc5-6)cc4)NC(N)c4ccccc4)cc3)cccc21. The van der Waals surface area contributed by atoms with E-state index >= 15 is 0 Å². The van der Waals surface area contributed by atoms with Crippen LogP contribution < -0.4 is 11.1 Å². The van der Waals surface area contributed by atoms with Gasteiger partial charge < -0.3 is 11.1 Å². The Balaban J connectivity index is 0.974. The van der Waals surface area contributed by atoms with Gasteiger partial charge in [0.25, 0.3) is 0 Å². The van der Waals surface area contributed by atoms with Gasteiger partial charge in [-0.05, 0) is 113 Å². The lowest BCUT2D eigenvalue weighted by Gasteiger charge is -2.24. The van der Waals surface area contributed by atoms with Gasteiger partial charge in [0, 0.05) is 16.5 Å². The molecule has 2 heteroatoms. The molecule has 2 aliphatic rings. The average molecular weight is 749 g/mol. The molecule has 0 aliphatic heterocycles. The first-order valence-electron chi connectivity index (χ1n) is 20.6. The zero-order valence-corrected chi connectivity index (χ0v) is 33.7. The Labute approximate surface area is 342 Å². The van der Waals surface area contributed by atoms with Crippen LogP contribution >= 0.6 is 0 Å². The van der Waals surface area contributed by atoms with Crippen molar-refractivity contribution in [2.24, 2.45) is 5.73 Å². The van der Waals surface area contributed by atoms with E-state index in [4.69, 9.17) is 5.73 Å². The highest BCUT2D eigenvalue weighted by Gasteiger charge is 2.38. The average Bonchev–Trinajstić information content (AvgIpc) is 3.64. The highest BCUT2D eigenvalue weighted by Crippen LogP contribution is 2.54. The summed E-state index contributed by atoms with van der Waals surface area (Å²) >= 11 is 0. The Morgan fingerprint density at radius 1 is 0.517 bits per heavy atom. The van der Waals surface area contributed by atoms with E-state index in [1.165, 1.54) is 83.1 Å². The number of fused-ring (bicyclic) bond motifs is 7. The fourth-order valence-electron chi connectivity index (χ4n) is 9.84. The second kappa shape index (κ2) is 13.9. The number of benzene rings is 8. The van der Waals surface area contributed by atoms with Crippen LogP contribution in [0.1, 0.15) is 72.8 Å². The maximum atomic E-state index is 6.83. The van der Waals surface area contributed by atoms with E-state index in [-0.39, 0.29) is 17.0 Å². The molecule has 8 aromatic carbocycles. The predicted octanol–water partition coefficient (Wildman–Crippen LogP) is 13.6. The standard InChI is InChI=1S/C56H48N2/c1-55(2)49-23-13-19-43(52(49)47-34-41-16-8-9-17-42(41)35-50(47)55)37-29-31-39(32-30-37)51(58-54(57)40-14-6-5-7-15-40)33-26-36-24-27-38(28-25-36)44-20-12-21-46-45-18-10-11-22-48(45)56(3,4)53(44)46/h5-25,27-35,54,58H,26,57H2,1-4H3/b51-33-. The molecule has 0 heterocycles. The molecule has 0 saturated carbocycles. The zero-order chi connectivity index (χ0) is 39.6. The topological polar surface area (TPSA) is 38.0 Å². The molecule has 0 radical (unpaired) electrons. The highest BCUT2D eigenvalue weighted by molar-refractivity contribution is 5.98. The fourth-order valence-corrected chi connectivity index (χ4v) is 9.84. The summed E-state index contributed by atoms with van der Waals surface area (Å²) in [7, 11) is 0. The summed E-state index contributed by atoms with van der Waals surface area (Å²) in [6, 6.07) is 64.4. The van der Waals surface area contributed by atoms with Gasteiger partial charge in [0.05, 0.1) is 0 Å². The maximum absolute atomic E-state index is 6.83. The molecule has 58 heavy (non-hydrogen) atoms. The minimum atomic E-state index is -0.354. The van der Waals surface area contributed by atoms with Crippen molar-refractivity contribution in [3.8, 4) is 44.5 Å². The number of hydrogen-bond donors (Lipinski definition) is 2. The molecule has 8 aromatic rings. The molecule has 0 bridgehead atoms. The van der Waals surface area contributed by atoms with E-state index in [0.717, 1.165) is 23.2 Å². The van der Waals surface area contributed by atoms with Gasteiger partial charge in [-0.2, -0.15) is 0 Å². The van der Waals surface area contributed by atoms with E-state index in [1.807, 2.05) is 18.2 Å². The number of nitrogens with one attached hydrogen (secondary N) is 1. The van der Waals surface area contributed by atoms with Crippen LogP contribution in [-0.4, -0.2) is 0 Å². The van der Waals surface area contributed by atoms with Crippen LogP contribution in [-0.2, 0) is 17.3 Å². The van der Waals surface area contributed by atoms with Crippen LogP contribution in [0.5, 0.6) is 0 Å². The first-order valence-corrected chi connectivity index (χ1v) is 20.6. The Morgan fingerprint density at radius 2 is 1.10 bits per heavy atom. The normalized spacial score (nSPS) is 15.0. The lowest BCUT2D eigenvalue weighted by atomic mass is 9.79. The van der Waals surface area contributed by atoms with Crippen molar-refractivity contribution in [1.29, 1.82) is 0 Å². The smallest absolute Gasteiger partial charge is 0.101 e. The summed E-state index contributed by atoms with van der Waals surface area (Å²) in [4.78, 5) is 0. The zero-order valence-electron chi connectivity index (χ0n) is 33.7. The molecule has 0 aromatic heterocycles. The van der Waals surface area contributed by atoms with Gasteiger partial charge in [-0.1, -0.05) is 198 Å². The summed E-state index contributed by atoms with van der Waals surface area (Å²) < 4.78 is 0. The van der Waals surface area contributed by atoms with Crippen molar-refractivity contribution in [3.05, 3.63) is 221 Å². The lowest BCUT2D eigenvalue weighted by Crippen LogP contribution is -2.27. The molecule has 0 spiro atoms. The summed E-state index contributed by atoms with van der Waals surface area (Å²) in [5.74, 6) is 0. The van der Waals surface area contributed by atoms with E-state index in [1.54, 1.807) is 0 Å². The summed E-state index contributed by atoms with van der Waals surface area (Å²) in [5.41, 5.74) is 27.1. The summed E-state index contributed by atoms with van der Waals surface area (Å²) in [6.07, 6.45) is 2.70. The van der Waals surface area contributed by atoms with Gasteiger partial charge in [0.2, 0.25) is 0 Å². The van der Waals surface area contributed by atoms with Crippen molar-refractivity contribution < 1.29 is 0 Å². The second-order valence-electron chi connectivity index (χ2n) is 17.1. The minimum absolute atomic E-state index is 0.0614. The van der Waals surface area contributed by atoms with Crippen LogP contribution in [0, 0.1) is 0 Å². The summed E-state index contributed by atoms with van der Waals surface area (Å²) in [5, 5.41) is 6.25. The number of allylic oxidation sites excluding steroid dienone is 1. The molecule has 1 atom stereocenters. The van der Waals surface area contributed by atoms with E-state index in [2.05, 4.69) is 197 Å². The molecular formula is C56H48N2. The largest absolute Gasteiger partial charge is 0.366 e. The molecule has 2 aliphatic carbocycles. The molecule has 3 N–H and O–H groups in total.